The van der Waals surface area contributed by atoms with Crippen molar-refractivity contribution in [3.63, 3.8) is 0 Å². The maximum Gasteiger partial charge on any atom is 0.155 e. The van der Waals surface area contributed by atoms with E-state index in [0.717, 1.165) is 6.61 Å². The molecule has 102 valence electrons. The first kappa shape index (κ1) is 15.0. The van der Waals surface area contributed by atoms with Gasteiger partial charge in [0.25, 0.3) is 0 Å². The molecule has 2 heteroatoms. The molecule has 0 aromatic carbocycles. The molecule has 0 N–H and O–H groups in total. The van der Waals surface area contributed by atoms with Gasteiger partial charge in [-0.3, -0.25) is 0 Å². The van der Waals surface area contributed by atoms with E-state index in [-0.39, 0.29) is 6.29 Å². The predicted molar refractivity (Wildman–Crippen MR) is 72.1 cm³/mol. The van der Waals surface area contributed by atoms with Crippen LogP contribution in [-0.2, 0) is 9.47 Å². The first-order chi connectivity index (χ1) is 8.33. The minimum atomic E-state index is -0.0323. The molecule has 1 fully saturated rings. The third-order valence-electron chi connectivity index (χ3n) is 3.59. The summed E-state index contributed by atoms with van der Waals surface area (Å²) in [5.74, 6) is 0. The zero-order valence-electron chi connectivity index (χ0n) is 11.7. The van der Waals surface area contributed by atoms with Crippen molar-refractivity contribution in [3.8, 4) is 0 Å². The molecule has 0 radical (unpaired) electrons. The first-order valence-electron chi connectivity index (χ1n) is 7.60. The maximum atomic E-state index is 5.98. The highest BCUT2D eigenvalue weighted by Crippen LogP contribution is 2.20. The molecule has 0 aromatic rings. The molecular weight excluding hydrogens is 212 g/mol. The van der Waals surface area contributed by atoms with Crippen molar-refractivity contribution in [2.45, 2.75) is 90.4 Å². The van der Waals surface area contributed by atoms with E-state index < -0.39 is 0 Å². The van der Waals surface area contributed by atoms with Crippen LogP contribution in [0.1, 0.15) is 78.1 Å². The number of ether oxygens (including phenoxy) is 2. The fourth-order valence-electron chi connectivity index (χ4n) is 2.63. The smallest absolute Gasteiger partial charge is 0.155 e. The van der Waals surface area contributed by atoms with Gasteiger partial charge < -0.3 is 9.47 Å². The Morgan fingerprint density at radius 3 is 1.82 bits per heavy atom. The lowest BCUT2D eigenvalue weighted by Crippen LogP contribution is -2.22. The molecule has 0 aromatic heterocycles. The second-order valence-electron chi connectivity index (χ2n) is 5.19. The summed E-state index contributed by atoms with van der Waals surface area (Å²) in [5.41, 5.74) is 0. The summed E-state index contributed by atoms with van der Waals surface area (Å²) in [6.45, 7) is 4.79. The minimum absolute atomic E-state index is 0.0323. The number of hydrogen-bond acceptors (Lipinski definition) is 2. The SMILES string of the molecule is CCOC(C)OC1CCCCCCCCCC1. The Morgan fingerprint density at radius 2 is 1.35 bits per heavy atom. The van der Waals surface area contributed by atoms with Crippen LogP contribution < -0.4 is 0 Å². The second-order valence-corrected chi connectivity index (χ2v) is 5.19. The van der Waals surface area contributed by atoms with Crippen molar-refractivity contribution < 1.29 is 9.47 Å². The summed E-state index contributed by atoms with van der Waals surface area (Å²) in [7, 11) is 0. The quantitative estimate of drug-likeness (QED) is 0.667. The Labute approximate surface area is 107 Å². The molecule has 0 spiro atoms. The van der Waals surface area contributed by atoms with Crippen molar-refractivity contribution in [1.82, 2.24) is 0 Å². The Hall–Kier alpha value is -0.0800. The molecule has 0 saturated heterocycles. The molecule has 2 nitrogen and oxygen atoms in total. The fourth-order valence-corrected chi connectivity index (χ4v) is 2.63. The third-order valence-corrected chi connectivity index (χ3v) is 3.59. The van der Waals surface area contributed by atoms with Gasteiger partial charge in [-0.15, -0.1) is 0 Å². The van der Waals surface area contributed by atoms with Crippen molar-refractivity contribution in [2.24, 2.45) is 0 Å². The van der Waals surface area contributed by atoms with Gasteiger partial charge in [0.1, 0.15) is 0 Å². The van der Waals surface area contributed by atoms with Gasteiger partial charge in [-0.2, -0.15) is 0 Å². The summed E-state index contributed by atoms with van der Waals surface area (Å²) < 4.78 is 11.5. The van der Waals surface area contributed by atoms with Crippen LogP contribution in [0.3, 0.4) is 0 Å². The van der Waals surface area contributed by atoms with Crippen LogP contribution in [-0.4, -0.2) is 19.0 Å². The summed E-state index contributed by atoms with van der Waals surface area (Å²) >= 11 is 0. The highest BCUT2D eigenvalue weighted by molar-refractivity contribution is 4.62. The fraction of sp³-hybridized carbons (Fsp3) is 1.00. The van der Waals surface area contributed by atoms with Gasteiger partial charge in [0.2, 0.25) is 0 Å². The lowest BCUT2D eigenvalue weighted by molar-refractivity contribution is -0.160. The van der Waals surface area contributed by atoms with Crippen molar-refractivity contribution in [1.29, 1.82) is 0 Å². The van der Waals surface area contributed by atoms with E-state index in [2.05, 4.69) is 0 Å². The van der Waals surface area contributed by atoms with E-state index in [1.165, 1.54) is 64.2 Å². The molecule has 1 aliphatic carbocycles. The van der Waals surface area contributed by atoms with E-state index in [1.54, 1.807) is 0 Å². The van der Waals surface area contributed by atoms with Crippen LogP contribution in [0.25, 0.3) is 0 Å². The first-order valence-corrected chi connectivity index (χ1v) is 7.60. The lowest BCUT2D eigenvalue weighted by atomic mass is 10.1. The normalized spacial score (nSPS) is 22.9. The van der Waals surface area contributed by atoms with Gasteiger partial charge in [0.15, 0.2) is 6.29 Å². The van der Waals surface area contributed by atoms with Crippen molar-refractivity contribution in [2.75, 3.05) is 6.61 Å². The summed E-state index contributed by atoms with van der Waals surface area (Å²) in [6.07, 6.45) is 13.9. The zero-order chi connectivity index (χ0) is 12.3. The maximum absolute atomic E-state index is 5.98. The molecule has 0 amide bonds. The average Bonchev–Trinajstić information content (AvgIpc) is 2.35. The van der Waals surface area contributed by atoms with Crippen molar-refractivity contribution >= 4 is 0 Å². The lowest BCUT2D eigenvalue weighted by Gasteiger charge is -2.22. The van der Waals surface area contributed by atoms with Crippen LogP contribution in [0.4, 0.5) is 0 Å². The standard InChI is InChI=1S/C15H30O2/c1-3-16-14(2)17-15-12-10-8-6-4-5-7-9-11-13-15/h14-15H,3-13H2,1-2H3. The van der Waals surface area contributed by atoms with Crippen LogP contribution >= 0.6 is 0 Å². The molecule has 0 bridgehead atoms. The molecule has 1 saturated carbocycles. The van der Waals surface area contributed by atoms with Crippen molar-refractivity contribution in [3.05, 3.63) is 0 Å². The minimum Gasteiger partial charge on any atom is -0.353 e. The Morgan fingerprint density at radius 1 is 0.882 bits per heavy atom. The van der Waals surface area contributed by atoms with Gasteiger partial charge >= 0.3 is 0 Å². The molecule has 1 rings (SSSR count). The monoisotopic (exact) mass is 242 g/mol. The van der Waals surface area contributed by atoms with Gasteiger partial charge in [-0.1, -0.05) is 51.4 Å². The van der Waals surface area contributed by atoms with Crippen LogP contribution in [0.15, 0.2) is 0 Å². The summed E-state index contributed by atoms with van der Waals surface area (Å²) in [5, 5.41) is 0. The van der Waals surface area contributed by atoms with E-state index in [4.69, 9.17) is 9.47 Å². The van der Waals surface area contributed by atoms with Crippen LogP contribution in [0.2, 0.25) is 0 Å². The zero-order valence-corrected chi connectivity index (χ0v) is 11.7. The highest BCUT2D eigenvalue weighted by Gasteiger charge is 2.13. The Bertz CT molecular complexity index is 158. The van der Waals surface area contributed by atoms with E-state index in [9.17, 15) is 0 Å². The van der Waals surface area contributed by atoms with E-state index in [1.807, 2.05) is 13.8 Å². The highest BCUT2D eigenvalue weighted by atomic mass is 16.7. The number of rotatable bonds is 4. The van der Waals surface area contributed by atoms with Gasteiger partial charge in [0.05, 0.1) is 6.10 Å². The summed E-state index contributed by atoms with van der Waals surface area (Å²) in [6, 6.07) is 0. The number of hydrogen-bond donors (Lipinski definition) is 0. The third kappa shape index (κ3) is 7.77. The second kappa shape index (κ2) is 9.90. The van der Waals surface area contributed by atoms with E-state index in [0.29, 0.717) is 6.10 Å². The van der Waals surface area contributed by atoms with Crippen LogP contribution in [0, 0.1) is 0 Å². The van der Waals surface area contributed by atoms with Gasteiger partial charge in [0, 0.05) is 6.61 Å². The predicted octanol–water partition coefficient (Wildman–Crippen LogP) is 4.67. The molecule has 0 heterocycles. The van der Waals surface area contributed by atoms with Gasteiger partial charge in [-0.25, -0.2) is 0 Å². The molecule has 1 atom stereocenters. The Kier molecular flexibility index (Phi) is 8.72. The summed E-state index contributed by atoms with van der Waals surface area (Å²) in [4.78, 5) is 0. The average molecular weight is 242 g/mol. The largest absolute Gasteiger partial charge is 0.353 e. The molecule has 1 unspecified atom stereocenters. The van der Waals surface area contributed by atoms with E-state index >= 15 is 0 Å². The molecular formula is C15H30O2. The topological polar surface area (TPSA) is 18.5 Å². The van der Waals surface area contributed by atoms with Crippen LogP contribution in [0.5, 0.6) is 0 Å². The molecule has 1 aliphatic rings. The van der Waals surface area contributed by atoms with Gasteiger partial charge in [-0.05, 0) is 26.7 Å². The Balaban J connectivity index is 2.26. The molecule has 17 heavy (non-hydrogen) atoms. The molecule has 0 aliphatic heterocycles.